The summed E-state index contributed by atoms with van der Waals surface area (Å²) in [6.45, 7) is 17.8. The standard InChI is InChI=1S/C36H70N2O4/c1-11-13-14-15-16-20-29(3)21-17-22-30(4)24-25-32(42-33(39)23-18-27-38(9)10)31(5)36(8,37)26-19-28-41-34(40)35(6,7)12-2/h19,26,29-32H,11-18,20-25,27-28,37H2,1-10H3/b26-19-. The molecule has 0 aliphatic heterocycles. The molecule has 0 spiro atoms. The third-order valence-corrected chi connectivity index (χ3v) is 9.17. The Kier molecular flexibility index (Phi) is 21.4. The number of unbranched alkanes of at least 4 members (excludes halogenated alkanes) is 4. The van der Waals surface area contributed by atoms with E-state index >= 15 is 0 Å². The van der Waals surface area contributed by atoms with Crippen LogP contribution in [0.4, 0.5) is 0 Å². The Labute approximate surface area is 260 Å². The molecule has 0 aliphatic carbocycles. The van der Waals surface area contributed by atoms with Crippen molar-refractivity contribution in [3.63, 3.8) is 0 Å². The molecular weight excluding hydrogens is 524 g/mol. The maximum atomic E-state index is 12.8. The molecule has 0 saturated carbocycles. The zero-order valence-corrected chi connectivity index (χ0v) is 29.4. The van der Waals surface area contributed by atoms with Gasteiger partial charge < -0.3 is 20.1 Å². The van der Waals surface area contributed by atoms with Gasteiger partial charge in [0.25, 0.3) is 0 Å². The summed E-state index contributed by atoms with van der Waals surface area (Å²) in [5, 5.41) is 0. The topological polar surface area (TPSA) is 81.9 Å². The summed E-state index contributed by atoms with van der Waals surface area (Å²) in [6.07, 6.45) is 19.1. The van der Waals surface area contributed by atoms with Crippen molar-refractivity contribution in [2.45, 2.75) is 157 Å². The molecule has 6 nitrogen and oxygen atoms in total. The number of esters is 2. The summed E-state index contributed by atoms with van der Waals surface area (Å²) in [5.74, 6) is 0.928. The van der Waals surface area contributed by atoms with Crippen LogP contribution in [0.3, 0.4) is 0 Å². The second kappa shape index (κ2) is 22.2. The predicted molar refractivity (Wildman–Crippen MR) is 178 cm³/mol. The molecule has 5 unspecified atom stereocenters. The summed E-state index contributed by atoms with van der Waals surface area (Å²) >= 11 is 0. The molecule has 6 heteroatoms. The number of carbonyl (C=O) groups is 2. The van der Waals surface area contributed by atoms with Crippen LogP contribution in [-0.4, -0.2) is 55.7 Å². The van der Waals surface area contributed by atoms with E-state index in [-0.39, 0.29) is 30.6 Å². The van der Waals surface area contributed by atoms with E-state index in [1.165, 1.54) is 57.8 Å². The Morgan fingerprint density at radius 1 is 0.833 bits per heavy atom. The Balaban J connectivity index is 5.03. The fraction of sp³-hybridized carbons (Fsp3) is 0.889. The normalized spacial score (nSPS) is 16.7. The summed E-state index contributed by atoms with van der Waals surface area (Å²) in [4.78, 5) is 27.2. The van der Waals surface area contributed by atoms with Crippen molar-refractivity contribution in [3.8, 4) is 0 Å². The number of nitrogens with zero attached hydrogens (tertiary/aromatic N) is 1. The highest BCUT2D eigenvalue weighted by Gasteiger charge is 2.33. The SMILES string of the molecule is CCCCCCCC(C)CCCC(C)CCC(OC(=O)CCCN(C)C)C(C)C(C)(N)/C=C\COC(=O)C(C)(C)CC. The molecule has 2 N–H and O–H groups in total. The van der Waals surface area contributed by atoms with Gasteiger partial charge in [0.15, 0.2) is 0 Å². The van der Waals surface area contributed by atoms with Crippen LogP contribution < -0.4 is 5.73 Å². The van der Waals surface area contributed by atoms with Gasteiger partial charge >= 0.3 is 11.9 Å². The summed E-state index contributed by atoms with van der Waals surface area (Å²) in [7, 11) is 4.03. The highest BCUT2D eigenvalue weighted by Crippen LogP contribution is 2.29. The van der Waals surface area contributed by atoms with Crippen LogP contribution >= 0.6 is 0 Å². The number of hydrogen-bond donors (Lipinski definition) is 1. The first-order valence-electron chi connectivity index (χ1n) is 17.1. The second-order valence-electron chi connectivity index (χ2n) is 14.2. The molecule has 0 amide bonds. The number of nitrogens with two attached hydrogens (primary N) is 1. The Bertz CT molecular complexity index is 747. The summed E-state index contributed by atoms with van der Waals surface area (Å²) in [5.41, 5.74) is 5.56. The number of carbonyl (C=O) groups excluding carboxylic acids is 2. The molecule has 0 aromatic carbocycles. The number of rotatable bonds is 25. The zero-order valence-electron chi connectivity index (χ0n) is 29.4. The van der Waals surface area contributed by atoms with Gasteiger partial charge in [-0.15, -0.1) is 0 Å². The van der Waals surface area contributed by atoms with E-state index in [2.05, 4.69) is 32.6 Å². The van der Waals surface area contributed by atoms with Gasteiger partial charge in [-0.25, -0.2) is 0 Å². The van der Waals surface area contributed by atoms with Gasteiger partial charge in [-0.1, -0.05) is 98.5 Å². The van der Waals surface area contributed by atoms with E-state index in [4.69, 9.17) is 15.2 Å². The van der Waals surface area contributed by atoms with Crippen molar-refractivity contribution >= 4 is 11.9 Å². The third kappa shape index (κ3) is 19.0. The number of hydrogen-bond acceptors (Lipinski definition) is 6. The molecule has 5 atom stereocenters. The minimum atomic E-state index is -0.711. The van der Waals surface area contributed by atoms with Crippen molar-refractivity contribution in [2.75, 3.05) is 27.2 Å². The maximum absolute atomic E-state index is 12.8. The molecule has 0 aliphatic rings. The lowest BCUT2D eigenvalue weighted by atomic mass is 9.80. The van der Waals surface area contributed by atoms with Crippen LogP contribution in [0.15, 0.2) is 12.2 Å². The monoisotopic (exact) mass is 595 g/mol. The predicted octanol–water partition coefficient (Wildman–Crippen LogP) is 8.71. The highest BCUT2D eigenvalue weighted by atomic mass is 16.5. The zero-order chi connectivity index (χ0) is 32.2. The van der Waals surface area contributed by atoms with Crippen LogP contribution in [0, 0.1) is 23.2 Å². The molecule has 0 aromatic rings. The van der Waals surface area contributed by atoms with Gasteiger partial charge in [0.2, 0.25) is 0 Å². The lowest BCUT2D eigenvalue weighted by Crippen LogP contribution is -2.47. The van der Waals surface area contributed by atoms with Gasteiger partial charge in [-0.05, 0) is 85.0 Å². The van der Waals surface area contributed by atoms with Gasteiger partial charge in [0.1, 0.15) is 12.7 Å². The van der Waals surface area contributed by atoms with Crippen molar-refractivity contribution in [1.82, 2.24) is 4.90 Å². The summed E-state index contributed by atoms with van der Waals surface area (Å²) < 4.78 is 11.6. The first-order chi connectivity index (χ1) is 19.7. The van der Waals surface area contributed by atoms with Crippen molar-refractivity contribution in [1.29, 1.82) is 0 Å². The van der Waals surface area contributed by atoms with E-state index in [1.54, 1.807) is 0 Å². The quantitative estimate of drug-likeness (QED) is 0.0647. The van der Waals surface area contributed by atoms with Gasteiger partial charge in [-0.3, -0.25) is 9.59 Å². The molecule has 42 heavy (non-hydrogen) atoms. The number of ether oxygens (including phenoxy) is 2. The average Bonchev–Trinajstić information content (AvgIpc) is 2.92. The molecule has 0 rings (SSSR count). The first kappa shape index (κ1) is 40.6. The minimum absolute atomic E-state index is 0.0886. The van der Waals surface area contributed by atoms with E-state index in [0.29, 0.717) is 12.3 Å². The van der Waals surface area contributed by atoms with Crippen molar-refractivity contribution < 1.29 is 19.1 Å². The van der Waals surface area contributed by atoms with Gasteiger partial charge in [-0.2, -0.15) is 0 Å². The van der Waals surface area contributed by atoms with Crippen LogP contribution in [0.25, 0.3) is 0 Å². The molecule has 0 aromatic heterocycles. The molecule has 0 fully saturated rings. The molecule has 0 saturated heterocycles. The Morgan fingerprint density at radius 2 is 1.43 bits per heavy atom. The van der Waals surface area contributed by atoms with E-state index < -0.39 is 11.0 Å². The highest BCUT2D eigenvalue weighted by molar-refractivity contribution is 5.75. The van der Waals surface area contributed by atoms with Crippen LogP contribution in [-0.2, 0) is 19.1 Å². The lowest BCUT2D eigenvalue weighted by molar-refractivity contribution is -0.154. The van der Waals surface area contributed by atoms with Crippen molar-refractivity contribution in [3.05, 3.63) is 12.2 Å². The van der Waals surface area contributed by atoms with Crippen LogP contribution in [0.1, 0.15) is 145 Å². The minimum Gasteiger partial charge on any atom is -0.462 e. The maximum Gasteiger partial charge on any atom is 0.311 e. The third-order valence-electron chi connectivity index (χ3n) is 9.17. The largest absolute Gasteiger partial charge is 0.462 e. The molecular formula is C36H70N2O4. The average molecular weight is 595 g/mol. The Morgan fingerprint density at radius 3 is 2.02 bits per heavy atom. The first-order valence-corrected chi connectivity index (χ1v) is 17.1. The molecule has 248 valence electrons. The molecule has 0 heterocycles. The van der Waals surface area contributed by atoms with E-state index in [9.17, 15) is 9.59 Å². The lowest BCUT2D eigenvalue weighted by Gasteiger charge is -2.35. The molecule has 0 radical (unpaired) electrons. The van der Waals surface area contributed by atoms with Gasteiger partial charge in [0.05, 0.1) is 5.41 Å². The van der Waals surface area contributed by atoms with Gasteiger partial charge in [0, 0.05) is 17.9 Å². The smallest absolute Gasteiger partial charge is 0.311 e. The molecule has 0 bridgehead atoms. The van der Waals surface area contributed by atoms with Crippen molar-refractivity contribution in [2.24, 2.45) is 28.9 Å². The summed E-state index contributed by atoms with van der Waals surface area (Å²) in [6, 6.07) is 0. The van der Waals surface area contributed by atoms with Crippen LogP contribution in [0.5, 0.6) is 0 Å². The Hall–Kier alpha value is -1.40. The van der Waals surface area contributed by atoms with Crippen LogP contribution in [0.2, 0.25) is 0 Å². The second-order valence-corrected chi connectivity index (χ2v) is 14.2. The fourth-order valence-corrected chi connectivity index (χ4v) is 5.14. The van der Waals surface area contributed by atoms with E-state index in [0.717, 1.165) is 38.1 Å². The fourth-order valence-electron chi connectivity index (χ4n) is 5.14. The van der Waals surface area contributed by atoms with E-state index in [1.807, 2.05) is 53.9 Å².